The van der Waals surface area contributed by atoms with Crippen LogP contribution in [-0.2, 0) is 4.79 Å². The molecule has 0 spiro atoms. The van der Waals surface area contributed by atoms with Gasteiger partial charge in [-0.2, -0.15) is 0 Å². The van der Waals surface area contributed by atoms with E-state index in [4.69, 9.17) is 11.6 Å². The van der Waals surface area contributed by atoms with Gasteiger partial charge in [0.25, 0.3) is 0 Å². The van der Waals surface area contributed by atoms with Crippen LogP contribution in [0.1, 0.15) is 6.42 Å². The molecule has 0 aromatic carbocycles. The molecule has 86 valence electrons. The summed E-state index contributed by atoms with van der Waals surface area (Å²) in [4.78, 5) is 15.6. The zero-order chi connectivity index (χ0) is 11.5. The standard InChI is InChI=1S/C10H11ClFN3O/c11-8-2-1-3-9(14-8)15-10(16)7-4-6(12)5-13-7/h1-3,6-7,13H,4-5H2,(H,14,15,16). The summed E-state index contributed by atoms with van der Waals surface area (Å²) in [6.07, 6.45) is -0.755. The van der Waals surface area contributed by atoms with Crippen LogP contribution in [0, 0.1) is 0 Å². The van der Waals surface area contributed by atoms with E-state index < -0.39 is 12.2 Å². The fourth-order valence-corrected chi connectivity index (χ4v) is 1.75. The Morgan fingerprint density at radius 3 is 3.06 bits per heavy atom. The first-order chi connectivity index (χ1) is 7.65. The predicted molar refractivity (Wildman–Crippen MR) is 59.2 cm³/mol. The number of rotatable bonds is 2. The lowest BCUT2D eigenvalue weighted by Gasteiger charge is -2.09. The third kappa shape index (κ3) is 2.68. The van der Waals surface area contributed by atoms with Gasteiger partial charge in [-0.15, -0.1) is 0 Å². The van der Waals surface area contributed by atoms with E-state index in [0.717, 1.165) is 0 Å². The molecule has 2 unspecified atom stereocenters. The van der Waals surface area contributed by atoms with Gasteiger partial charge in [0.2, 0.25) is 5.91 Å². The van der Waals surface area contributed by atoms with Crippen LogP contribution in [-0.4, -0.2) is 29.6 Å². The number of carbonyl (C=O) groups is 1. The van der Waals surface area contributed by atoms with E-state index in [-0.39, 0.29) is 18.9 Å². The van der Waals surface area contributed by atoms with Gasteiger partial charge < -0.3 is 10.6 Å². The van der Waals surface area contributed by atoms with Crippen molar-refractivity contribution in [1.29, 1.82) is 0 Å². The number of hydrogen-bond acceptors (Lipinski definition) is 3. The number of nitrogens with one attached hydrogen (secondary N) is 2. The maximum absolute atomic E-state index is 12.9. The van der Waals surface area contributed by atoms with Gasteiger partial charge in [-0.3, -0.25) is 4.79 Å². The van der Waals surface area contributed by atoms with Crippen molar-refractivity contribution in [2.75, 3.05) is 11.9 Å². The fraction of sp³-hybridized carbons (Fsp3) is 0.400. The fourth-order valence-electron chi connectivity index (χ4n) is 1.58. The van der Waals surface area contributed by atoms with Gasteiger partial charge in [0.05, 0.1) is 6.04 Å². The molecule has 6 heteroatoms. The molecule has 0 saturated carbocycles. The summed E-state index contributed by atoms with van der Waals surface area (Å²) in [5, 5.41) is 5.68. The van der Waals surface area contributed by atoms with E-state index in [1.807, 2.05) is 0 Å². The molecule has 0 aliphatic carbocycles. The van der Waals surface area contributed by atoms with E-state index in [0.29, 0.717) is 11.0 Å². The van der Waals surface area contributed by atoms with E-state index in [1.54, 1.807) is 18.2 Å². The number of pyridine rings is 1. The summed E-state index contributed by atoms with van der Waals surface area (Å²) >= 11 is 5.67. The highest BCUT2D eigenvalue weighted by molar-refractivity contribution is 6.29. The second-order valence-corrected chi connectivity index (χ2v) is 4.02. The van der Waals surface area contributed by atoms with Crippen molar-refractivity contribution < 1.29 is 9.18 Å². The van der Waals surface area contributed by atoms with Crippen LogP contribution in [0.5, 0.6) is 0 Å². The van der Waals surface area contributed by atoms with Gasteiger partial charge >= 0.3 is 0 Å². The Morgan fingerprint density at radius 1 is 1.62 bits per heavy atom. The summed E-state index contributed by atoms with van der Waals surface area (Å²) in [6.45, 7) is 0.223. The summed E-state index contributed by atoms with van der Waals surface area (Å²) < 4.78 is 12.9. The zero-order valence-corrected chi connectivity index (χ0v) is 9.17. The second-order valence-electron chi connectivity index (χ2n) is 3.63. The Morgan fingerprint density at radius 2 is 2.44 bits per heavy atom. The lowest BCUT2D eigenvalue weighted by atomic mass is 10.2. The maximum atomic E-state index is 12.9. The van der Waals surface area contributed by atoms with E-state index in [2.05, 4.69) is 15.6 Å². The SMILES string of the molecule is O=C(Nc1cccc(Cl)n1)C1CC(F)CN1. The number of aromatic nitrogens is 1. The van der Waals surface area contributed by atoms with Gasteiger partial charge in [-0.1, -0.05) is 17.7 Å². The Bertz CT molecular complexity index is 401. The molecule has 1 fully saturated rings. The highest BCUT2D eigenvalue weighted by Crippen LogP contribution is 2.13. The van der Waals surface area contributed by atoms with Crippen LogP contribution in [0.2, 0.25) is 5.15 Å². The number of alkyl halides is 1. The molecule has 16 heavy (non-hydrogen) atoms. The van der Waals surface area contributed by atoms with Crippen molar-refractivity contribution in [2.24, 2.45) is 0 Å². The number of hydrogen-bond donors (Lipinski definition) is 2. The largest absolute Gasteiger partial charge is 0.309 e. The summed E-state index contributed by atoms with van der Waals surface area (Å²) in [6, 6.07) is 4.44. The molecule has 2 atom stereocenters. The van der Waals surface area contributed by atoms with Crippen molar-refractivity contribution in [3.05, 3.63) is 23.4 Å². The quantitative estimate of drug-likeness (QED) is 0.772. The average Bonchev–Trinajstić information content (AvgIpc) is 2.65. The number of halogens is 2. The number of nitrogens with zero attached hydrogens (tertiary/aromatic N) is 1. The molecular weight excluding hydrogens is 233 g/mol. The van der Waals surface area contributed by atoms with E-state index in [1.165, 1.54) is 0 Å². The van der Waals surface area contributed by atoms with Crippen LogP contribution >= 0.6 is 11.6 Å². The molecule has 0 bridgehead atoms. The monoisotopic (exact) mass is 243 g/mol. The summed E-state index contributed by atoms with van der Waals surface area (Å²) in [5.41, 5.74) is 0. The van der Waals surface area contributed by atoms with Gasteiger partial charge in [0, 0.05) is 13.0 Å². The molecule has 1 aliphatic heterocycles. The number of amides is 1. The van der Waals surface area contributed by atoms with Crippen LogP contribution in [0.3, 0.4) is 0 Å². The minimum absolute atomic E-state index is 0.201. The molecule has 2 heterocycles. The molecule has 0 radical (unpaired) electrons. The Kier molecular flexibility index (Phi) is 3.36. The smallest absolute Gasteiger partial charge is 0.242 e. The van der Waals surface area contributed by atoms with Crippen molar-refractivity contribution in [1.82, 2.24) is 10.3 Å². The van der Waals surface area contributed by atoms with Crippen molar-refractivity contribution in [3.8, 4) is 0 Å². The van der Waals surface area contributed by atoms with E-state index in [9.17, 15) is 9.18 Å². The van der Waals surface area contributed by atoms with Gasteiger partial charge in [-0.05, 0) is 12.1 Å². The molecule has 1 saturated heterocycles. The van der Waals surface area contributed by atoms with Crippen molar-refractivity contribution >= 4 is 23.3 Å². The van der Waals surface area contributed by atoms with Gasteiger partial charge in [-0.25, -0.2) is 9.37 Å². The average molecular weight is 244 g/mol. The molecule has 1 aromatic rings. The molecule has 1 aromatic heterocycles. The summed E-state index contributed by atoms with van der Waals surface area (Å²) in [7, 11) is 0. The molecule has 2 N–H and O–H groups in total. The third-order valence-corrected chi connectivity index (χ3v) is 2.57. The van der Waals surface area contributed by atoms with Crippen molar-refractivity contribution in [2.45, 2.75) is 18.6 Å². The predicted octanol–water partition coefficient (Wildman–Crippen LogP) is 1.37. The normalized spacial score (nSPS) is 24.4. The highest BCUT2D eigenvalue weighted by atomic mass is 35.5. The van der Waals surface area contributed by atoms with Crippen molar-refractivity contribution in [3.63, 3.8) is 0 Å². The first kappa shape index (κ1) is 11.3. The first-order valence-electron chi connectivity index (χ1n) is 4.96. The molecule has 2 rings (SSSR count). The molecular formula is C10H11ClFN3O. The Labute approximate surface area is 97.2 Å². The van der Waals surface area contributed by atoms with Crippen LogP contribution in [0.4, 0.5) is 10.2 Å². The van der Waals surface area contributed by atoms with Crippen LogP contribution in [0.15, 0.2) is 18.2 Å². The Hall–Kier alpha value is -1.20. The number of carbonyl (C=O) groups excluding carboxylic acids is 1. The third-order valence-electron chi connectivity index (χ3n) is 2.36. The van der Waals surface area contributed by atoms with Gasteiger partial charge in [0.1, 0.15) is 17.1 Å². The van der Waals surface area contributed by atoms with Gasteiger partial charge in [0.15, 0.2) is 0 Å². The molecule has 4 nitrogen and oxygen atoms in total. The lowest BCUT2D eigenvalue weighted by molar-refractivity contribution is -0.117. The second kappa shape index (κ2) is 4.76. The molecule has 1 aliphatic rings. The Balaban J connectivity index is 1.97. The van der Waals surface area contributed by atoms with E-state index >= 15 is 0 Å². The minimum atomic E-state index is -0.955. The minimum Gasteiger partial charge on any atom is -0.309 e. The topological polar surface area (TPSA) is 54.0 Å². The maximum Gasteiger partial charge on any atom is 0.242 e. The number of anilines is 1. The zero-order valence-electron chi connectivity index (χ0n) is 8.41. The summed E-state index contributed by atoms with van der Waals surface area (Å²) in [5.74, 6) is 0.0940. The highest BCUT2D eigenvalue weighted by Gasteiger charge is 2.29. The lowest BCUT2D eigenvalue weighted by Crippen LogP contribution is -2.35. The van der Waals surface area contributed by atoms with Crippen LogP contribution < -0.4 is 10.6 Å². The first-order valence-corrected chi connectivity index (χ1v) is 5.34. The molecule has 1 amide bonds. The van der Waals surface area contributed by atoms with Crippen LogP contribution in [0.25, 0.3) is 0 Å².